The molecule has 0 aliphatic rings. The molecule has 0 saturated heterocycles. The van der Waals surface area contributed by atoms with E-state index in [1.165, 1.54) is 0 Å². The lowest BCUT2D eigenvalue weighted by molar-refractivity contribution is 0.301. The van der Waals surface area contributed by atoms with Gasteiger partial charge in [-0.05, 0) is 38.5 Å². The summed E-state index contributed by atoms with van der Waals surface area (Å²) in [6, 6.07) is 0. The maximum absolute atomic E-state index is 13.0. The van der Waals surface area contributed by atoms with E-state index in [0.717, 1.165) is 13.7 Å². The molecule has 0 atom stereocenters. The minimum absolute atomic E-state index is 0.142. The Morgan fingerprint density at radius 2 is 0.718 bits per heavy atom. The molecular formula is C21H33N3O12S3. The van der Waals surface area contributed by atoms with Gasteiger partial charge in [0.1, 0.15) is 0 Å². The van der Waals surface area contributed by atoms with E-state index in [9.17, 15) is 39.6 Å². The predicted octanol–water partition coefficient (Wildman–Crippen LogP) is -0.0180. The van der Waals surface area contributed by atoms with E-state index < -0.39 is 47.4 Å². The van der Waals surface area contributed by atoms with Gasteiger partial charge in [-0.15, -0.1) is 0 Å². The Labute approximate surface area is 227 Å². The third-order valence-electron chi connectivity index (χ3n) is 5.07. The van der Waals surface area contributed by atoms with E-state index in [4.69, 9.17) is 0 Å². The Kier molecular flexibility index (Phi) is 14.0. The summed E-state index contributed by atoms with van der Waals surface area (Å²) in [7, 11) is -11.6. The largest absolute Gasteiger partial charge is 0.336 e. The van der Waals surface area contributed by atoms with Gasteiger partial charge in [0.15, 0.2) is 0 Å². The molecular weight excluding hydrogens is 582 g/mol. The second-order valence-corrected chi connectivity index (χ2v) is 12.5. The number of unbranched alkanes of at least 4 members (excludes halogenated alkanes) is 3. The van der Waals surface area contributed by atoms with E-state index in [2.05, 4.69) is 32.3 Å². The molecule has 0 amide bonds. The summed E-state index contributed by atoms with van der Waals surface area (Å²) in [4.78, 5) is 38.9. The molecule has 0 unspecified atom stereocenters. The number of aromatic nitrogens is 3. The fourth-order valence-corrected chi connectivity index (χ4v) is 4.38. The molecule has 0 aliphatic carbocycles. The molecule has 39 heavy (non-hydrogen) atoms. The highest BCUT2D eigenvalue weighted by atomic mass is 32.2. The molecule has 0 radical (unpaired) electrons. The second-order valence-electron chi connectivity index (χ2n) is 7.87. The summed E-state index contributed by atoms with van der Waals surface area (Å²) in [6.45, 7) is 8.29. The van der Waals surface area contributed by atoms with Crippen LogP contribution in [0.5, 0.6) is 0 Å². The van der Waals surface area contributed by atoms with Crippen LogP contribution < -0.4 is 17.1 Å². The number of hydrogen-bond donors (Lipinski definition) is 0. The van der Waals surface area contributed by atoms with Gasteiger partial charge in [-0.2, -0.15) is 25.3 Å². The third kappa shape index (κ3) is 12.0. The quantitative estimate of drug-likeness (QED) is 0.133. The maximum Gasteiger partial charge on any atom is 0.336 e. The normalized spacial score (nSPS) is 12.3. The van der Waals surface area contributed by atoms with Crippen LogP contribution in [0.2, 0.25) is 0 Å². The second kappa shape index (κ2) is 15.8. The summed E-state index contributed by atoms with van der Waals surface area (Å²) in [5.41, 5.74) is -2.66. The highest BCUT2D eigenvalue weighted by Gasteiger charge is 2.16. The summed E-state index contributed by atoms with van der Waals surface area (Å²) in [5.74, 6) is 0. The van der Waals surface area contributed by atoms with Crippen molar-refractivity contribution in [3.8, 4) is 0 Å². The van der Waals surface area contributed by atoms with Gasteiger partial charge in [-0.3, -0.25) is 12.5 Å². The number of rotatable bonds is 21. The van der Waals surface area contributed by atoms with Crippen molar-refractivity contribution >= 4 is 30.4 Å². The predicted molar refractivity (Wildman–Crippen MR) is 142 cm³/mol. The first-order chi connectivity index (χ1) is 18.2. The summed E-state index contributed by atoms with van der Waals surface area (Å²) in [5, 5.41) is 1.92. The molecule has 0 aromatic carbocycles. The van der Waals surface area contributed by atoms with Gasteiger partial charge in [-0.1, -0.05) is 19.7 Å². The lowest BCUT2D eigenvalue weighted by Crippen LogP contribution is -2.54. The van der Waals surface area contributed by atoms with E-state index in [0.29, 0.717) is 16.2 Å². The topological polar surface area (TPSA) is 196 Å². The molecule has 0 aliphatic heterocycles. The van der Waals surface area contributed by atoms with E-state index >= 15 is 0 Å². The molecule has 1 rings (SSSR count). The summed E-state index contributed by atoms with van der Waals surface area (Å²) >= 11 is 0. The zero-order valence-electron chi connectivity index (χ0n) is 21.3. The monoisotopic (exact) mass is 615 g/mol. The molecule has 1 aromatic heterocycles. The first-order valence-electron chi connectivity index (χ1n) is 11.7. The number of hydrogen-bond acceptors (Lipinski definition) is 12. The van der Waals surface area contributed by atoms with Gasteiger partial charge in [-0.25, -0.2) is 28.1 Å². The van der Waals surface area contributed by atoms with Gasteiger partial charge in [0, 0.05) is 19.6 Å². The van der Waals surface area contributed by atoms with Crippen molar-refractivity contribution in [2.24, 2.45) is 0 Å². The van der Waals surface area contributed by atoms with E-state index in [-0.39, 0.29) is 78.0 Å². The molecule has 1 heterocycles. The maximum atomic E-state index is 13.0. The van der Waals surface area contributed by atoms with Crippen molar-refractivity contribution in [1.82, 2.24) is 13.7 Å². The van der Waals surface area contributed by atoms with E-state index in [1.807, 2.05) is 0 Å². The summed E-state index contributed by atoms with van der Waals surface area (Å²) < 4.78 is 84.4. The zero-order valence-corrected chi connectivity index (χ0v) is 23.8. The fraction of sp³-hybridized carbons (Fsp3) is 0.571. The van der Waals surface area contributed by atoms with Crippen molar-refractivity contribution in [3.63, 3.8) is 0 Å². The minimum Gasteiger partial charge on any atom is -0.267 e. The average molecular weight is 616 g/mol. The van der Waals surface area contributed by atoms with Crippen LogP contribution in [0.25, 0.3) is 0 Å². The summed E-state index contributed by atoms with van der Waals surface area (Å²) in [6.07, 6.45) is 1.01. The third-order valence-corrected chi connectivity index (χ3v) is 7.78. The van der Waals surface area contributed by atoms with Crippen LogP contribution in [-0.4, -0.2) is 58.8 Å². The molecule has 0 N–H and O–H groups in total. The smallest absolute Gasteiger partial charge is 0.267 e. The molecule has 15 nitrogen and oxygen atoms in total. The molecule has 18 heteroatoms. The Bertz CT molecular complexity index is 1290. The van der Waals surface area contributed by atoms with Gasteiger partial charge < -0.3 is 0 Å². The van der Waals surface area contributed by atoms with Crippen molar-refractivity contribution in [2.45, 2.75) is 58.2 Å². The van der Waals surface area contributed by atoms with E-state index in [1.54, 1.807) is 0 Å². The van der Waals surface area contributed by atoms with Crippen LogP contribution >= 0.6 is 0 Å². The highest BCUT2D eigenvalue weighted by Crippen LogP contribution is 2.01. The molecule has 0 spiro atoms. The van der Waals surface area contributed by atoms with Crippen LogP contribution in [0.4, 0.5) is 0 Å². The lowest BCUT2D eigenvalue weighted by Gasteiger charge is -2.14. The first-order valence-corrected chi connectivity index (χ1v) is 16.1. The lowest BCUT2D eigenvalue weighted by atomic mass is 10.3. The molecule has 0 fully saturated rings. The first kappa shape index (κ1) is 34.4. The van der Waals surface area contributed by atoms with Crippen molar-refractivity contribution in [1.29, 1.82) is 0 Å². The van der Waals surface area contributed by atoms with Crippen LogP contribution in [-0.2, 0) is 62.5 Å². The Morgan fingerprint density at radius 1 is 0.487 bits per heavy atom. The SMILES string of the molecule is C=CS(=O)(=O)OCCCCn1c(=O)n(CCCCOS(=O)(=O)C=C)c(=O)n(CCCCOS(=O)(=O)C=C)c1=O. The zero-order chi connectivity index (χ0) is 29.7. The van der Waals surface area contributed by atoms with Crippen molar-refractivity contribution in [3.05, 3.63) is 67.4 Å². The Morgan fingerprint density at radius 3 is 0.923 bits per heavy atom. The van der Waals surface area contributed by atoms with Gasteiger partial charge in [0.2, 0.25) is 0 Å². The fourth-order valence-electron chi connectivity index (χ4n) is 3.04. The molecule has 0 bridgehead atoms. The molecule has 0 saturated carbocycles. The van der Waals surface area contributed by atoms with Gasteiger partial charge in [0.25, 0.3) is 30.4 Å². The molecule has 222 valence electrons. The molecule has 1 aromatic rings. The highest BCUT2D eigenvalue weighted by molar-refractivity contribution is 7.90. The van der Waals surface area contributed by atoms with Crippen molar-refractivity contribution < 1.29 is 37.8 Å². The van der Waals surface area contributed by atoms with Crippen molar-refractivity contribution in [2.75, 3.05) is 19.8 Å². The average Bonchev–Trinajstić information content (AvgIpc) is 2.88. The standard InChI is InChI=1S/C21H33N3O12S3/c1-4-37(28,29)34-16-10-7-13-22-19(25)23(14-8-11-17-35-38(30,31)5-2)21(27)24(20(22)26)15-9-12-18-36-39(32,33)6-3/h4-6H,1-3,7-18H2. The van der Waals surface area contributed by atoms with Gasteiger partial charge in [0.05, 0.1) is 36.0 Å². The van der Waals surface area contributed by atoms with Gasteiger partial charge >= 0.3 is 17.1 Å². The Hall–Kier alpha value is -2.64. The van der Waals surface area contributed by atoms with Crippen LogP contribution in [0.15, 0.2) is 50.3 Å². The van der Waals surface area contributed by atoms with Crippen LogP contribution in [0.3, 0.4) is 0 Å². The number of nitrogens with zero attached hydrogens (tertiary/aromatic N) is 3. The van der Waals surface area contributed by atoms with Crippen LogP contribution in [0.1, 0.15) is 38.5 Å². The Balaban J connectivity index is 3.05. The minimum atomic E-state index is -3.87. The van der Waals surface area contributed by atoms with Crippen LogP contribution in [0, 0.1) is 0 Å².